The molecule has 0 aliphatic rings. The lowest BCUT2D eigenvalue weighted by Gasteiger charge is -2.18. The van der Waals surface area contributed by atoms with Crippen LogP contribution in [0.2, 0.25) is 0 Å². The number of carboxylic acid groups (broad SMARTS) is 1. The molecule has 1 rings (SSSR count). The summed E-state index contributed by atoms with van der Waals surface area (Å²) in [5.41, 5.74) is 1.17. The van der Waals surface area contributed by atoms with Gasteiger partial charge in [0.05, 0.1) is 5.75 Å². The molecule has 0 atom stereocenters. The molecule has 0 spiro atoms. The van der Waals surface area contributed by atoms with E-state index >= 15 is 0 Å². The van der Waals surface area contributed by atoms with Crippen LogP contribution in [0.3, 0.4) is 0 Å². The molecule has 0 heterocycles. The smallest absolute Gasteiger partial charge is 0.323 e. The minimum atomic E-state index is -0.981. The van der Waals surface area contributed by atoms with Crippen LogP contribution in [0.5, 0.6) is 0 Å². The van der Waals surface area contributed by atoms with Gasteiger partial charge in [0.1, 0.15) is 6.54 Å². The monoisotopic (exact) mass is 267 g/mol. The Hall–Kier alpha value is -1.49. The zero-order valence-electron chi connectivity index (χ0n) is 10.5. The molecule has 0 radical (unpaired) electrons. The highest BCUT2D eigenvalue weighted by molar-refractivity contribution is 8.00. The lowest BCUT2D eigenvalue weighted by atomic mass is 10.2. The van der Waals surface area contributed by atoms with Crippen LogP contribution in [-0.2, 0) is 9.59 Å². The van der Waals surface area contributed by atoms with E-state index in [4.69, 9.17) is 5.11 Å². The number of likely N-dealkylation sites (N-methyl/N-ethyl adjacent to an activating group) is 1. The van der Waals surface area contributed by atoms with Gasteiger partial charge in [-0.2, -0.15) is 0 Å². The van der Waals surface area contributed by atoms with Gasteiger partial charge >= 0.3 is 5.97 Å². The first kappa shape index (κ1) is 14.6. The molecule has 5 heteroatoms. The molecule has 0 aliphatic heterocycles. The van der Waals surface area contributed by atoms with E-state index in [0.29, 0.717) is 6.54 Å². The van der Waals surface area contributed by atoms with Crippen molar-refractivity contribution in [1.29, 1.82) is 0 Å². The fourth-order valence-corrected chi connectivity index (χ4v) is 2.21. The van der Waals surface area contributed by atoms with Gasteiger partial charge in [0.15, 0.2) is 0 Å². The lowest BCUT2D eigenvalue weighted by Crippen LogP contribution is -2.36. The Morgan fingerprint density at radius 1 is 1.28 bits per heavy atom. The average molecular weight is 267 g/mol. The Bertz CT molecular complexity index is 417. The zero-order chi connectivity index (χ0) is 13.5. The summed E-state index contributed by atoms with van der Waals surface area (Å²) in [5.74, 6) is -0.861. The maximum atomic E-state index is 11.8. The standard InChI is InChI=1S/C13H17NO3S/c1-3-14(8-13(16)17)12(15)9-18-11-6-4-10(2)5-7-11/h4-7H,3,8-9H2,1-2H3,(H,16,17). The van der Waals surface area contributed by atoms with Crippen molar-refractivity contribution in [2.75, 3.05) is 18.8 Å². The first-order valence-electron chi connectivity index (χ1n) is 5.72. The molecule has 0 saturated carbocycles. The highest BCUT2D eigenvalue weighted by Crippen LogP contribution is 2.18. The van der Waals surface area contributed by atoms with Crippen LogP contribution in [0, 0.1) is 6.92 Å². The van der Waals surface area contributed by atoms with Gasteiger partial charge in [0.2, 0.25) is 5.91 Å². The van der Waals surface area contributed by atoms with Crippen molar-refractivity contribution in [3.8, 4) is 0 Å². The van der Waals surface area contributed by atoms with Crippen LogP contribution in [-0.4, -0.2) is 40.7 Å². The molecule has 1 amide bonds. The molecule has 98 valence electrons. The largest absolute Gasteiger partial charge is 0.480 e. The topological polar surface area (TPSA) is 57.6 Å². The number of amides is 1. The third-order valence-corrected chi connectivity index (χ3v) is 3.44. The molecular weight excluding hydrogens is 250 g/mol. The van der Waals surface area contributed by atoms with Crippen LogP contribution in [0.4, 0.5) is 0 Å². The lowest BCUT2D eigenvalue weighted by molar-refractivity contribution is -0.143. The van der Waals surface area contributed by atoms with Crippen molar-refractivity contribution in [2.24, 2.45) is 0 Å². The van der Waals surface area contributed by atoms with Crippen molar-refractivity contribution in [3.63, 3.8) is 0 Å². The normalized spacial score (nSPS) is 10.1. The van der Waals surface area contributed by atoms with Gasteiger partial charge < -0.3 is 10.0 Å². The molecule has 0 bridgehead atoms. The summed E-state index contributed by atoms with van der Waals surface area (Å²) in [6.45, 7) is 3.96. The molecule has 0 unspecified atom stereocenters. The number of thioether (sulfide) groups is 1. The molecule has 4 nitrogen and oxygen atoms in total. The summed E-state index contributed by atoms with van der Waals surface area (Å²) in [6, 6.07) is 7.89. The number of benzene rings is 1. The Morgan fingerprint density at radius 2 is 1.89 bits per heavy atom. The van der Waals surface area contributed by atoms with Crippen LogP contribution >= 0.6 is 11.8 Å². The number of carbonyl (C=O) groups is 2. The number of hydrogen-bond donors (Lipinski definition) is 1. The SMILES string of the molecule is CCN(CC(=O)O)C(=O)CSc1ccc(C)cc1. The average Bonchev–Trinajstić information content (AvgIpc) is 2.34. The second kappa shape index (κ2) is 7.06. The second-order valence-electron chi connectivity index (χ2n) is 3.90. The number of aliphatic carboxylic acids is 1. The van der Waals surface area contributed by atoms with E-state index in [1.54, 1.807) is 6.92 Å². The van der Waals surface area contributed by atoms with Crippen LogP contribution in [0.15, 0.2) is 29.2 Å². The van der Waals surface area contributed by atoms with Crippen molar-refractivity contribution in [1.82, 2.24) is 4.90 Å². The Kier molecular flexibility index (Phi) is 5.71. The summed E-state index contributed by atoms with van der Waals surface area (Å²) in [6.07, 6.45) is 0. The van der Waals surface area contributed by atoms with Crippen molar-refractivity contribution >= 4 is 23.6 Å². The summed E-state index contributed by atoms with van der Waals surface area (Å²) in [5, 5.41) is 8.68. The quantitative estimate of drug-likeness (QED) is 0.801. The molecular formula is C13H17NO3S. The number of carboxylic acids is 1. The van der Waals surface area contributed by atoms with Crippen molar-refractivity contribution in [3.05, 3.63) is 29.8 Å². The summed E-state index contributed by atoms with van der Waals surface area (Å²) in [4.78, 5) is 24.7. The van der Waals surface area contributed by atoms with Gasteiger partial charge in [0.25, 0.3) is 0 Å². The van der Waals surface area contributed by atoms with E-state index in [0.717, 1.165) is 4.90 Å². The molecule has 0 aliphatic carbocycles. The maximum Gasteiger partial charge on any atom is 0.323 e. The summed E-state index contributed by atoms with van der Waals surface area (Å²) < 4.78 is 0. The third-order valence-electron chi connectivity index (χ3n) is 2.44. The Morgan fingerprint density at radius 3 is 2.39 bits per heavy atom. The number of nitrogens with zero attached hydrogens (tertiary/aromatic N) is 1. The highest BCUT2D eigenvalue weighted by Gasteiger charge is 2.14. The summed E-state index contributed by atoms with van der Waals surface area (Å²) >= 11 is 1.42. The summed E-state index contributed by atoms with van der Waals surface area (Å²) in [7, 11) is 0. The third kappa shape index (κ3) is 4.79. The fourth-order valence-electron chi connectivity index (χ4n) is 1.41. The van der Waals surface area contributed by atoms with E-state index in [1.165, 1.54) is 22.2 Å². The minimum Gasteiger partial charge on any atom is -0.480 e. The van der Waals surface area contributed by atoms with Gasteiger partial charge in [-0.3, -0.25) is 9.59 Å². The van der Waals surface area contributed by atoms with Crippen molar-refractivity contribution < 1.29 is 14.7 Å². The fraction of sp³-hybridized carbons (Fsp3) is 0.385. The van der Waals surface area contributed by atoms with Crippen molar-refractivity contribution in [2.45, 2.75) is 18.7 Å². The van der Waals surface area contributed by atoms with E-state index in [-0.39, 0.29) is 18.2 Å². The van der Waals surface area contributed by atoms with E-state index in [2.05, 4.69) is 0 Å². The predicted octanol–water partition coefficient (Wildman–Crippen LogP) is 2.02. The number of hydrogen-bond acceptors (Lipinski definition) is 3. The van der Waals surface area contributed by atoms with Gasteiger partial charge in [-0.1, -0.05) is 17.7 Å². The first-order valence-corrected chi connectivity index (χ1v) is 6.70. The molecule has 1 aromatic rings. The van der Waals surface area contributed by atoms with Gasteiger partial charge in [-0.25, -0.2) is 0 Å². The predicted molar refractivity (Wildman–Crippen MR) is 71.8 cm³/mol. The molecule has 18 heavy (non-hydrogen) atoms. The van der Waals surface area contributed by atoms with Crippen LogP contribution in [0.25, 0.3) is 0 Å². The second-order valence-corrected chi connectivity index (χ2v) is 4.95. The zero-order valence-corrected chi connectivity index (χ0v) is 11.4. The van der Waals surface area contributed by atoms with Gasteiger partial charge in [-0.15, -0.1) is 11.8 Å². The highest BCUT2D eigenvalue weighted by atomic mass is 32.2. The minimum absolute atomic E-state index is 0.148. The molecule has 0 aromatic heterocycles. The molecule has 1 aromatic carbocycles. The number of aryl methyl sites for hydroxylation is 1. The van der Waals surface area contributed by atoms with Gasteiger partial charge in [0, 0.05) is 11.4 Å². The molecule has 1 N–H and O–H groups in total. The van der Waals surface area contributed by atoms with Crippen LogP contribution < -0.4 is 0 Å². The molecule has 0 fully saturated rings. The number of rotatable bonds is 6. The molecule has 0 saturated heterocycles. The van der Waals surface area contributed by atoms with Gasteiger partial charge in [-0.05, 0) is 26.0 Å². The number of carbonyl (C=O) groups excluding carboxylic acids is 1. The maximum absolute atomic E-state index is 11.8. The Labute approximate surface area is 111 Å². The first-order chi connectivity index (χ1) is 8.52. The van der Waals surface area contributed by atoms with E-state index in [9.17, 15) is 9.59 Å². The van der Waals surface area contributed by atoms with E-state index < -0.39 is 5.97 Å². The Balaban J connectivity index is 2.49. The van der Waals surface area contributed by atoms with Crippen LogP contribution in [0.1, 0.15) is 12.5 Å². The van der Waals surface area contributed by atoms with E-state index in [1.807, 2.05) is 31.2 Å².